The van der Waals surface area contributed by atoms with E-state index in [0.717, 1.165) is 22.4 Å². The number of thiocarbonyl (C=S) groups is 1. The molecule has 0 aliphatic heterocycles. The molecule has 0 unspecified atom stereocenters. The van der Waals surface area contributed by atoms with E-state index >= 15 is 0 Å². The highest BCUT2D eigenvalue weighted by Crippen LogP contribution is 2.28. The van der Waals surface area contributed by atoms with E-state index < -0.39 is 0 Å². The van der Waals surface area contributed by atoms with Crippen molar-refractivity contribution in [2.45, 2.75) is 19.8 Å². The summed E-state index contributed by atoms with van der Waals surface area (Å²) >= 11 is 11.7. The largest absolute Gasteiger partial charge is 0.338 e. The molecular weight excluding hydrogens is 428 g/mol. The first kappa shape index (κ1) is 21.0. The van der Waals surface area contributed by atoms with Gasteiger partial charge in [0.2, 0.25) is 0 Å². The lowest BCUT2D eigenvalue weighted by molar-refractivity contribution is 0.0977. The van der Waals surface area contributed by atoms with Crippen LogP contribution in [-0.2, 0) is 0 Å². The van der Waals surface area contributed by atoms with E-state index in [-0.39, 0.29) is 11.0 Å². The van der Waals surface area contributed by atoms with Crippen molar-refractivity contribution < 1.29 is 4.79 Å². The Morgan fingerprint density at radius 3 is 2.52 bits per heavy atom. The minimum atomic E-state index is -0.280. The van der Waals surface area contributed by atoms with Gasteiger partial charge in [-0.2, -0.15) is 0 Å². The van der Waals surface area contributed by atoms with E-state index in [4.69, 9.17) is 23.8 Å². The molecular formula is C24H21ClN4OS. The molecule has 5 nitrogen and oxygen atoms in total. The summed E-state index contributed by atoms with van der Waals surface area (Å²) in [5.74, 6) is 0.847. The van der Waals surface area contributed by atoms with Crippen molar-refractivity contribution in [3.05, 3.63) is 82.9 Å². The predicted octanol–water partition coefficient (Wildman–Crippen LogP) is 6.13. The summed E-state index contributed by atoms with van der Waals surface area (Å²) in [5, 5.41) is 6.36. The van der Waals surface area contributed by atoms with Crippen molar-refractivity contribution in [1.82, 2.24) is 15.3 Å². The molecule has 0 saturated carbocycles. The first-order valence-corrected chi connectivity index (χ1v) is 10.7. The van der Waals surface area contributed by atoms with Crippen LogP contribution in [0.5, 0.6) is 0 Å². The average Bonchev–Trinajstić information content (AvgIpc) is 3.19. The Hall–Kier alpha value is -3.22. The molecule has 0 bridgehead atoms. The number of hydrogen-bond donors (Lipinski definition) is 3. The van der Waals surface area contributed by atoms with Gasteiger partial charge < -0.3 is 10.3 Å². The van der Waals surface area contributed by atoms with Gasteiger partial charge in [-0.15, -0.1) is 0 Å². The lowest BCUT2D eigenvalue weighted by atomic mass is 10.0. The highest BCUT2D eigenvalue weighted by molar-refractivity contribution is 7.80. The second kappa shape index (κ2) is 8.88. The number of imidazole rings is 1. The molecule has 3 aromatic carbocycles. The van der Waals surface area contributed by atoms with Crippen molar-refractivity contribution in [2.75, 3.05) is 5.32 Å². The van der Waals surface area contributed by atoms with Crippen LogP contribution in [0.1, 0.15) is 35.7 Å². The number of amides is 1. The van der Waals surface area contributed by atoms with Crippen molar-refractivity contribution in [1.29, 1.82) is 0 Å². The molecule has 31 heavy (non-hydrogen) atoms. The number of hydrogen-bond acceptors (Lipinski definition) is 3. The number of carbonyl (C=O) groups excluding carboxylic acids is 1. The minimum absolute atomic E-state index is 0.168. The summed E-state index contributed by atoms with van der Waals surface area (Å²) in [5.41, 5.74) is 4.98. The van der Waals surface area contributed by atoms with E-state index in [0.29, 0.717) is 22.2 Å². The first-order chi connectivity index (χ1) is 14.9. The maximum atomic E-state index is 12.5. The zero-order valence-corrected chi connectivity index (χ0v) is 18.6. The monoisotopic (exact) mass is 448 g/mol. The lowest BCUT2D eigenvalue weighted by Crippen LogP contribution is -2.34. The van der Waals surface area contributed by atoms with Gasteiger partial charge >= 0.3 is 0 Å². The Kier molecular flexibility index (Phi) is 6.02. The predicted molar refractivity (Wildman–Crippen MR) is 131 cm³/mol. The molecule has 0 aliphatic carbocycles. The molecule has 0 atom stereocenters. The average molecular weight is 449 g/mol. The van der Waals surface area contributed by atoms with E-state index in [1.54, 1.807) is 18.2 Å². The molecule has 0 radical (unpaired) electrons. The number of fused-ring (bicyclic) bond motifs is 1. The van der Waals surface area contributed by atoms with Gasteiger partial charge in [0.05, 0.1) is 21.7 Å². The standard InChI is InChI=1S/C24H21ClN4OS/c1-14(2)15-7-9-16(10-8-15)23(30)29-24(31)28-21-13-17(11-12-18(21)25)22-26-19-5-3-4-6-20(19)27-22/h3-14H,1-2H3,(H,26,27)(H2,28,29,30,31). The molecule has 0 aliphatic rings. The van der Waals surface area contributed by atoms with Crippen molar-refractivity contribution in [2.24, 2.45) is 0 Å². The summed E-state index contributed by atoms with van der Waals surface area (Å²) in [7, 11) is 0. The number of aromatic amines is 1. The van der Waals surface area contributed by atoms with Crippen LogP contribution in [0, 0.1) is 0 Å². The van der Waals surface area contributed by atoms with E-state index in [2.05, 4.69) is 34.4 Å². The van der Waals surface area contributed by atoms with Gasteiger partial charge in [-0.05, 0) is 66.2 Å². The van der Waals surface area contributed by atoms with Gasteiger partial charge in [0.25, 0.3) is 5.91 Å². The fraction of sp³-hybridized carbons (Fsp3) is 0.125. The maximum absolute atomic E-state index is 12.5. The Balaban J connectivity index is 1.48. The number of nitrogens with zero attached hydrogens (tertiary/aromatic N) is 1. The summed E-state index contributed by atoms with van der Waals surface area (Å²) in [4.78, 5) is 20.4. The van der Waals surface area contributed by atoms with E-state index in [1.807, 2.05) is 48.5 Å². The number of H-pyrrole nitrogens is 1. The Bertz CT molecular complexity index is 1230. The molecule has 1 amide bonds. The zero-order chi connectivity index (χ0) is 22.0. The van der Waals surface area contributed by atoms with Gasteiger partial charge in [0.15, 0.2) is 5.11 Å². The Morgan fingerprint density at radius 2 is 1.81 bits per heavy atom. The summed E-state index contributed by atoms with van der Waals surface area (Å²) in [6.07, 6.45) is 0. The van der Waals surface area contributed by atoms with Gasteiger partial charge in [-0.3, -0.25) is 10.1 Å². The van der Waals surface area contributed by atoms with Crippen molar-refractivity contribution in [3.63, 3.8) is 0 Å². The number of anilines is 1. The SMILES string of the molecule is CC(C)c1ccc(C(=O)NC(=S)Nc2cc(-c3nc4ccccc4[nH]3)ccc2Cl)cc1. The molecule has 0 spiro atoms. The number of carbonyl (C=O) groups is 1. The Labute approximate surface area is 190 Å². The van der Waals surface area contributed by atoms with Gasteiger partial charge in [-0.1, -0.05) is 49.7 Å². The number of nitrogens with one attached hydrogen (secondary N) is 3. The second-order valence-electron chi connectivity index (χ2n) is 7.48. The molecule has 4 aromatic rings. The van der Waals surface area contributed by atoms with Crippen LogP contribution in [0.25, 0.3) is 22.4 Å². The normalized spacial score (nSPS) is 11.0. The number of aromatic nitrogens is 2. The third-order valence-corrected chi connectivity index (χ3v) is 5.48. The minimum Gasteiger partial charge on any atom is -0.338 e. The molecule has 3 N–H and O–H groups in total. The van der Waals surface area contributed by atoms with Gasteiger partial charge in [0, 0.05) is 11.1 Å². The smallest absolute Gasteiger partial charge is 0.257 e. The lowest BCUT2D eigenvalue weighted by Gasteiger charge is -2.12. The number of benzene rings is 3. The fourth-order valence-corrected chi connectivity index (χ4v) is 3.57. The van der Waals surface area contributed by atoms with Crippen molar-refractivity contribution in [3.8, 4) is 11.4 Å². The van der Waals surface area contributed by atoms with Crippen LogP contribution in [0.2, 0.25) is 5.02 Å². The highest BCUT2D eigenvalue weighted by Gasteiger charge is 2.12. The van der Waals surface area contributed by atoms with Gasteiger partial charge in [0.1, 0.15) is 5.82 Å². The van der Waals surface area contributed by atoms with E-state index in [9.17, 15) is 4.79 Å². The van der Waals surface area contributed by atoms with Gasteiger partial charge in [-0.25, -0.2) is 4.98 Å². The van der Waals surface area contributed by atoms with E-state index in [1.165, 1.54) is 5.56 Å². The Morgan fingerprint density at radius 1 is 1.06 bits per heavy atom. The molecule has 4 rings (SSSR count). The van der Waals surface area contributed by atoms with Crippen LogP contribution in [0.15, 0.2) is 66.7 Å². The molecule has 156 valence electrons. The highest BCUT2D eigenvalue weighted by atomic mass is 35.5. The molecule has 7 heteroatoms. The zero-order valence-electron chi connectivity index (χ0n) is 17.1. The third kappa shape index (κ3) is 4.76. The molecule has 0 fully saturated rings. The topological polar surface area (TPSA) is 69.8 Å². The first-order valence-electron chi connectivity index (χ1n) is 9.87. The van der Waals surface area contributed by atoms with Crippen LogP contribution in [0.3, 0.4) is 0 Å². The third-order valence-electron chi connectivity index (χ3n) is 4.94. The molecule has 0 saturated heterocycles. The summed E-state index contributed by atoms with van der Waals surface area (Å²) in [6, 6.07) is 20.8. The summed E-state index contributed by atoms with van der Waals surface area (Å²) < 4.78 is 0. The number of para-hydroxylation sites is 2. The molecule has 1 aromatic heterocycles. The maximum Gasteiger partial charge on any atom is 0.257 e. The van der Waals surface area contributed by atoms with Crippen LogP contribution >= 0.6 is 23.8 Å². The van der Waals surface area contributed by atoms with Crippen LogP contribution < -0.4 is 10.6 Å². The second-order valence-corrected chi connectivity index (χ2v) is 8.30. The molecule has 1 heterocycles. The number of halogens is 1. The quantitative estimate of drug-likeness (QED) is 0.328. The van der Waals surface area contributed by atoms with Crippen molar-refractivity contribution >= 4 is 51.6 Å². The summed E-state index contributed by atoms with van der Waals surface area (Å²) in [6.45, 7) is 4.22. The van der Waals surface area contributed by atoms with Crippen LogP contribution in [-0.4, -0.2) is 21.0 Å². The van der Waals surface area contributed by atoms with Crippen LogP contribution in [0.4, 0.5) is 5.69 Å². The number of rotatable bonds is 4. The fourth-order valence-electron chi connectivity index (χ4n) is 3.21.